The van der Waals surface area contributed by atoms with Gasteiger partial charge in [0, 0.05) is 16.4 Å². The van der Waals surface area contributed by atoms with Crippen LogP contribution in [0.25, 0.3) is 16.9 Å². The lowest BCUT2D eigenvalue weighted by Gasteiger charge is -2.10. The van der Waals surface area contributed by atoms with Crippen molar-refractivity contribution < 1.29 is 9.18 Å². The van der Waals surface area contributed by atoms with Gasteiger partial charge in [-0.3, -0.25) is 4.79 Å². The number of nitrogens with zero attached hydrogens (tertiary/aromatic N) is 6. The van der Waals surface area contributed by atoms with Crippen LogP contribution in [0.5, 0.6) is 0 Å². The first-order valence-electron chi connectivity index (χ1n) is 8.49. The highest BCUT2D eigenvalue weighted by Gasteiger charge is 2.18. The first kappa shape index (κ1) is 18.2. The smallest absolute Gasteiger partial charge is 0.259 e. The number of aryl methyl sites for hydroxylation is 2. The van der Waals surface area contributed by atoms with Gasteiger partial charge in [0.2, 0.25) is 5.82 Å². The van der Waals surface area contributed by atoms with Gasteiger partial charge < -0.3 is 5.32 Å². The number of aromatic nitrogens is 6. The highest BCUT2D eigenvalue weighted by atomic mass is 79.9. The molecule has 0 saturated carbocycles. The zero-order valence-corrected chi connectivity index (χ0v) is 16.6. The van der Waals surface area contributed by atoms with Gasteiger partial charge >= 0.3 is 0 Å². The van der Waals surface area contributed by atoms with Gasteiger partial charge in [0.15, 0.2) is 0 Å². The number of rotatable bonds is 4. The summed E-state index contributed by atoms with van der Waals surface area (Å²) < 4.78 is 16.9. The van der Waals surface area contributed by atoms with Crippen molar-refractivity contribution in [3.63, 3.8) is 0 Å². The molecule has 0 atom stereocenters. The Hall–Kier alpha value is -3.14. The molecule has 142 valence electrons. The topological polar surface area (TPSA) is 90.0 Å². The molecular formula is C18H15BrFN7O. The van der Waals surface area contributed by atoms with Gasteiger partial charge in [-0.25, -0.2) is 8.91 Å². The van der Waals surface area contributed by atoms with Crippen LogP contribution in [-0.2, 0) is 6.54 Å². The monoisotopic (exact) mass is 443 g/mol. The van der Waals surface area contributed by atoms with Gasteiger partial charge in [0.25, 0.3) is 5.91 Å². The van der Waals surface area contributed by atoms with Crippen molar-refractivity contribution in [3.8, 4) is 11.4 Å². The van der Waals surface area contributed by atoms with Gasteiger partial charge in [-0.2, -0.15) is 9.90 Å². The Labute approximate surface area is 167 Å². The van der Waals surface area contributed by atoms with Crippen LogP contribution in [0.3, 0.4) is 0 Å². The number of nitrogens with one attached hydrogen (secondary N) is 1. The lowest BCUT2D eigenvalue weighted by Crippen LogP contribution is -2.13. The van der Waals surface area contributed by atoms with Gasteiger partial charge in [-0.15, -0.1) is 10.2 Å². The molecule has 4 aromatic rings. The average Bonchev–Trinajstić information content (AvgIpc) is 3.30. The number of benzene rings is 1. The van der Waals surface area contributed by atoms with Gasteiger partial charge in [-0.05, 0) is 48.9 Å². The number of tetrazole rings is 1. The SMILES string of the molecule is CCn1nnc(-c2cc(NC(=O)c3cnn4ccc(Br)cc34)c(C)cc2F)n1. The number of hydrogen-bond acceptors (Lipinski definition) is 5. The van der Waals surface area contributed by atoms with E-state index >= 15 is 0 Å². The van der Waals surface area contributed by atoms with E-state index < -0.39 is 5.82 Å². The minimum Gasteiger partial charge on any atom is -0.322 e. The summed E-state index contributed by atoms with van der Waals surface area (Å²) in [6, 6.07) is 6.48. The van der Waals surface area contributed by atoms with Crippen LogP contribution in [0.15, 0.2) is 41.1 Å². The van der Waals surface area contributed by atoms with Gasteiger partial charge in [0.05, 0.1) is 29.4 Å². The fraction of sp³-hybridized carbons (Fsp3) is 0.167. The number of carbonyl (C=O) groups excluding carboxylic acids is 1. The highest BCUT2D eigenvalue weighted by molar-refractivity contribution is 9.10. The lowest BCUT2D eigenvalue weighted by molar-refractivity contribution is 0.102. The van der Waals surface area contributed by atoms with Crippen LogP contribution in [0, 0.1) is 12.7 Å². The highest BCUT2D eigenvalue weighted by Crippen LogP contribution is 2.27. The van der Waals surface area contributed by atoms with Crippen LogP contribution in [0.2, 0.25) is 0 Å². The second kappa shape index (κ2) is 7.12. The lowest BCUT2D eigenvalue weighted by atomic mass is 10.1. The number of hydrogen-bond donors (Lipinski definition) is 1. The van der Waals surface area contributed by atoms with Crippen LogP contribution in [-0.4, -0.2) is 35.7 Å². The Morgan fingerprint density at radius 3 is 2.89 bits per heavy atom. The Bertz CT molecular complexity index is 1200. The molecule has 3 aromatic heterocycles. The van der Waals surface area contributed by atoms with Crippen molar-refractivity contribution in [3.05, 3.63) is 58.1 Å². The molecule has 1 aromatic carbocycles. The zero-order chi connectivity index (χ0) is 19.8. The maximum atomic E-state index is 14.4. The third kappa shape index (κ3) is 3.26. The largest absolute Gasteiger partial charge is 0.322 e. The maximum Gasteiger partial charge on any atom is 0.259 e. The minimum atomic E-state index is -0.480. The van der Waals surface area contributed by atoms with Gasteiger partial charge in [0.1, 0.15) is 5.82 Å². The fourth-order valence-corrected chi connectivity index (χ4v) is 3.12. The summed E-state index contributed by atoms with van der Waals surface area (Å²) in [7, 11) is 0. The van der Waals surface area contributed by atoms with Crippen LogP contribution in [0.1, 0.15) is 22.8 Å². The maximum absolute atomic E-state index is 14.4. The number of amides is 1. The number of carbonyl (C=O) groups is 1. The van der Waals surface area contributed by atoms with E-state index in [1.807, 2.05) is 13.0 Å². The van der Waals surface area contributed by atoms with Crippen LogP contribution >= 0.6 is 15.9 Å². The summed E-state index contributed by atoms with van der Waals surface area (Å²) in [5.74, 6) is -0.667. The molecule has 1 amide bonds. The summed E-state index contributed by atoms with van der Waals surface area (Å²) in [4.78, 5) is 14.2. The normalized spacial score (nSPS) is 11.1. The molecular weight excluding hydrogens is 429 g/mol. The van der Waals surface area contributed by atoms with Crippen LogP contribution in [0.4, 0.5) is 10.1 Å². The predicted octanol–water partition coefficient (Wildman–Crippen LogP) is 3.47. The molecule has 10 heteroatoms. The molecule has 0 radical (unpaired) electrons. The summed E-state index contributed by atoms with van der Waals surface area (Å²) in [6.07, 6.45) is 3.24. The molecule has 0 fully saturated rings. The Balaban J connectivity index is 1.69. The molecule has 0 aliphatic heterocycles. The average molecular weight is 444 g/mol. The predicted molar refractivity (Wildman–Crippen MR) is 104 cm³/mol. The molecule has 28 heavy (non-hydrogen) atoms. The molecule has 0 saturated heterocycles. The molecule has 1 N–H and O–H groups in total. The molecule has 0 aliphatic rings. The summed E-state index contributed by atoms with van der Waals surface area (Å²) in [5.41, 5.74) is 2.27. The molecule has 0 unspecified atom stereocenters. The van der Waals surface area contributed by atoms with E-state index in [-0.39, 0.29) is 17.3 Å². The minimum absolute atomic E-state index is 0.162. The van der Waals surface area contributed by atoms with E-state index in [4.69, 9.17) is 0 Å². The van der Waals surface area contributed by atoms with E-state index in [9.17, 15) is 9.18 Å². The fourth-order valence-electron chi connectivity index (χ4n) is 2.78. The van der Waals surface area contributed by atoms with E-state index in [0.29, 0.717) is 28.9 Å². The van der Waals surface area contributed by atoms with Crippen molar-refractivity contribution in [1.82, 2.24) is 29.8 Å². The first-order valence-corrected chi connectivity index (χ1v) is 9.28. The van der Waals surface area contributed by atoms with Crippen molar-refractivity contribution >= 4 is 33.0 Å². The van der Waals surface area contributed by atoms with E-state index in [1.54, 1.807) is 23.7 Å². The molecule has 8 nitrogen and oxygen atoms in total. The standard InChI is InChI=1S/C18H15BrFN7O/c1-3-27-24-17(23-25-27)12-8-15(10(2)6-14(12)20)22-18(28)13-9-21-26-5-4-11(19)7-16(13)26/h4-9H,3H2,1-2H3,(H,22,28). The van der Waals surface area contributed by atoms with E-state index in [0.717, 1.165) is 4.47 Å². The Kier molecular flexibility index (Phi) is 4.63. The molecule has 3 heterocycles. The van der Waals surface area contributed by atoms with Gasteiger partial charge in [-0.1, -0.05) is 15.9 Å². The second-order valence-electron chi connectivity index (χ2n) is 6.14. The molecule has 0 aliphatic carbocycles. The van der Waals surface area contributed by atoms with Crippen molar-refractivity contribution in [2.45, 2.75) is 20.4 Å². The Morgan fingerprint density at radius 2 is 2.14 bits per heavy atom. The van der Waals surface area contributed by atoms with Crippen molar-refractivity contribution in [2.24, 2.45) is 0 Å². The first-order chi connectivity index (χ1) is 13.5. The van der Waals surface area contributed by atoms with E-state index in [2.05, 4.69) is 41.8 Å². The van der Waals surface area contributed by atoms with Crippen LogP contribution < -0.4 is 5.32 Å². The Morgan fingerprint density at radius 1 is 1.32 bits per heavy atom. The summed E-state index contributed by atoms with van der Waals surface area (Å²) in [6.45, 7) is 4.09. The van der Waals surface area contributed by atoms with Crippen molar-refractivity contribution in [2.75, 3.05) is 5.32 Å². The van der Waals surface area contributed by atoms with E-state index in [1.165, 1.54) is 23.1 Å². The number of halogens is 2. The molecule has 0 spiro atoms. The third-order valence-corrected chi connectivity index (χ3v) is 4.76. The molecule has 0 bridgehead atoms. The number of fused-ring (bicyclic) bond motifs is 1. The number of pyridine rings is 1. The van der Waals surface area contributed by atoms with Crippen molar-refractivity contribution in [1.29, 1.82) is 0 Å². The second-order valence-corrected chi connectivity index (χ2v) is 7.05. The third-order valence-electron chi connectivity index (χ3n) is 4.27. The number of anilines is 1. The molecule has 4 rings (SSSR count). The quantitative estimate of drug-likeness (QED) is 0.521. The summed E-state index contributed by atoms with van der Waals surface area (Å²) >= 11 is 3.39. The summed E-state index contributed by atoms with van der Waals surface area (Å²) in [5, 5.41) is 18.9. The zero-order valence-electron chi connectivity index (χ0n) is 15.0.